The normalized spacial score (nSPS) is 13.9. The molecule has 0 aliphatic rings. The molecule has 4 N–H and O–H groups in total. The highest BCUT2D eigenvalue weighted by Gasteiger charge is 2.39. The zero-order valence-electron chi connectivity index (χ0n) is 27.8. The number of urea groups is 1. The molecule has 0 bridgehead atoms. The maximum Gasteiger partial charge on any atom is 0.364 e. The Morgan fingerprint density at radius 3 is 1.77 bits per heavy atom. The molecule has 3 aromatic rings. The van der Waals surface area contributed by atoms with Crippen molar-refractivity contribution >= 4 is 37.2 Å². The van der Waals surface area contributed by atoms with Gasteiger partial charge in [-0.15, -0.1) is 0 Å². The van der Waals surface area contributed by atoms with Crippen LogP contribution in [0.2, 0.25) is 0 Å². The van der Waals surface area contributed by atoms with Crippen LogP contribution in [0.1, 0.15) is 38.3 Å². The molecule has 0 saturated heterocycles. The van der Waals surface area contributed by atoms with Crippen LogP contribution in [0.25, 0.3) is 0 Å². The van der Waals surface area contributed by atoms with Gasteiger partial charge in [-0.1, -0.05) is 97.3 Å². The van der Waals surface area contributed by atoms with E-state index in [-0.39, 0.29) is 24.5 Å². The van der Waals surface area contributed by atoms with Crippen molar-refractivity contribution in [3.63, 3.8) is 0 Å². The lowest BCUT2D eigenvalue weighted by Crippen LogP contribution is -2.56. The molecule has 0 heterocycles. The van der Waals surface area contributed by atoms with Crippen molar-refractivity contribution in [3.8, 4) is 0 Å². The van der Waals surface area contributed by atoms with Crippen LogP contribution in [-0.2, 0) is 31.8 Å². The van der Waals surface area contributed by atoms with E-state index in [2.05, 4.69) is 10.6 Å². The lowest BCUT2D eigenvalue weighted by molar-refractivity contribution is -0.130. The lowest BCUT2D eigenvalue weighted by Gasteiger charge is -2.32. The summed E-state index contributed by atoms with van der Waals surface area (Å²) in [7, 11) is 1.07. The van der Waals surface area contributed by atoms with Crippen molar-refractivity contribution in [2.45, 2.75) is 57.9 Å². The Kier molecular flexibility index (Phi) is 14.1. The van der Waals surface area contributed by atoms with E-state index in [1.807, 2.05) is 74.5 Å². The van der Waals surface area contributed by atoms with E-state index in [1.54, 1.807) is 51.4 Å². The van der Waals surface area contributed by atoms with Gasteiger partial charge >= 0.3 is 13.8 Å². The fraction of sp³-hybridized carbons (Fsp3) is 0.389. The quantitative estimate of drug-likeness (QED) is 0.187. The molecule has 0 aliphatic carbocycles. The molecule has 0 spiro atoms. The number of carbonyl (C=O) groups is 4. The first-order valence-electron chi connectivity index (χ1n) is 15.8. The van der Waals surface area contributed by atoms with Gasteiger partial charge in [-0.2, -0.15) is 0 Å². The number of nitrogens with one attached hydrogen (secondary N) is 2. The molecule has 11 heteroatoms. The van der Waals surface area contributed by atoms with Crippen molar-refractivity contribution < 1.29 is 23.7 Å². The molecule has 0 saturated carbocycles. The standard InChI is InChI=1S/C36H46N5O5P/c1-25(2)21-31(35(44)41(26(3)33(37)42)30-19-13-8-14-20-30)38-34(43)29(22-27-15-9-6-10-16-27)24-47(46)32(39-36(45)40(4)5)23-28-17-11-7-12-18-28/h6-20,25-26,29,31-32H,21-24H2,1-5H3,(H3-,37,38,39,42,43,45)/p+1/t26-,29-,31-,32+/m0/s1. The Bertz CT molecular complexity index is 1490. The van der Waals surface area contributed by atoms with E-state index in [0.717, 1.165) is 11.1 Å². The molecule has 0 radical (unpaired) electrons. The van der Waals surface area contributed by atoms with E-state index < -0.39 is 49.3 Å². The molecule has 0 aromatic heterocycles. The zero-order chi connectivity index (χ0) is 34.5. The van der Waals surface area contributed by atoms with Crippen LogP contribution in [0.3, 0.4) is 0 Å². The molecular formula is C36H47N5O5P+. The Labute approximate surface area is 278 Å². The molecule has 0 fully saturated rings. The SMILES string of the molecule is CC(C)C[C@H](NC(=O)[C@@H](Cc1ccccc1)C[P+](=O)[C@H](Cc1ccccc1)NC(=O)N(C)C)C(=O)N(c1ccccc1)[C@@H](C)C(N)=O. The van der Waals surface area contributed by atoms with Gasteiger partial charge in [0, 0.05) is 26.2 Å². The number of nitrogens with two attached hydrogens (primary N) is 1. The number of benzene rings is 3. The summed E-state index contributed by atoms with van der Waals surface area (Å²) in [4.78, 5) is 56.0. The second-order valence-electron chi connectivity index (χ2n) is 12.3. The number of nitrogens with zero attached hydrogens (tertiary/aromatic N) is 2. The van der Waals surface area contributed by atoms with E-state index in [0.29, 0.717) is 18.5 Å². The fourth-order valence-corrected chi connectivity index (χ4v) is 6.88. The Morgan fingerprint density at radius 1 is 0.766 bits per heavy atom. The minimum Gasteiger partial charge on any atom is -0.368 e. The van der Waals surface area contributed by atoms with Gasteiger partial charge in [-0.3, -0.25) is 24.6 Å². The molecular weight excluding hydrogens is 613 g/mol. The van der Waals surface area contributed by atoms with Crippen LogP contribution in [0.15, 0.2) is 91.0 Å². The fourth-order valence-electron chi connectivity index (χ4n) is 5.22. The third kappa shape index (κ3) is 11.3. The van der Waals surface area contributed by atoms with Crippen molar-refractivity contribution in [2.24, 2.45) is 17.6 Å². The second-order valence-corrected chi connectivity index (χ2v) is 14.2. The Balaban J connectivity index is 1.94. The number of hydrogen-bond acceptors (Lipinski definition) is 5. The molecule has 0 aliphatic heterocycles. The first-order chi connectivity index (χ1) is 22.4. The highest BCUT2D eigenvalue weighted by molar-refractivity contribution is 7.45. The molecule has 47 heavy (non-hydrogen) atoms. The Hall–Kier alpha value is -4.56. The first-order valence-corrected chi connectivity index (χ1v) is 17.4. The summed E-state index contributed by atoms with van der Waals surface area (Å²) in [5, 5.41) is 5.84. The number of hydrogen-bond donors (Lipinski definition) is 3. The van der Waals surface area contributed by atoms with Crippen LogP contribution >= 0.6 is 7.80 Å². The number of amides is 5. The monoisotopic (exact) mass is 660 g/mol. The van der Waals surface area contributed by atoms with Gasteiger partial charge in [0.05, 0.1) is 5.92 Å². The smallest absolute Gasteiger partial charge is 0.364 e. The largest absolute Gasteiger partial charge is 0.368 e. The molecule has 3 aromatic carbocycles. The van der Waals surface area contributed by atoms with E-state index in [9.17, 15) is 23.7 Å². The predicted molar refractivity (Wildman–Crippen MR) is 186 cm³/mol. The number of rotatable bonds is 16. The highest BCUT2D eigenvalue weighted by Crippen LogP contribution is 2.33. The highest BCUT2D eigenvalue weighted by atomic mass is 31.1. The summed E-state index contributed by atoms with van der Waals surface area (Å²) < 4.78 is 14.1. The zero-order valence-corrected chi connectivity index (χ0v) is 28.7. The minimum absolute atomic E-state index is 0.0199. The van der Waals surface area contributed by atoms with Crippen LogP contribution in [0.4, 0.5) is 10.5 Å². The molecule has 10 nitrogen and oxygen atoms in total. The van der Waals surface area contributed by atoms with E-state index >= 15 is 0 Å². The van der Waals surface area contributed by atoms with Gasteiger partial charge in [-0.25, -0.2) is 4.79 Å². The number of primary amides is 1. The first kappa shape index (κ1) is 36.9. The molecule has 5 amide bonds. The van der Waals surface area contributed by atoms with Gasteiger partial charge in [0.25, 0.3) is 0 Å². The predicted octanol–water partition coefficient (Wildman–Crippen LogP) is 4.95. The molecule has 250 valence electrons. The van der Waals surface area contributed by atoms with Crippen molar-refractivity contribution in [3.05, 3.63) is 102 Å². The van der Waals surface area contributed by atoms with Crippen molar-refractivity contribution in [1.29, 1.82) is 0 Å². The van der Waals surface area contributed by atoms with Crippen LogP contribution < -0.4 is 21.3 Å². The van der Waals surface area contributed by atoms with Crippen molar-refractivity contribution in [2.75, 3.05) is 25.2 Å². The van der Waals surface area contributed by atoms with Crippen LogP contribution in [-0.4, -0.2) is 66.8 Å². The molecule has 1 unspecified atom stereocenters. The minimum atomic E-state index is -2.14. The van der Waals surface area contributed by atoms with Gasteiger partial charge in [0.1, 0.15) is 12.1 Å². The van der Waals surface area contributed by atoms with Crippen molar-refractivity contribution in [1.82, 2.24) is 15.5 Å². The summed E-state index contributed by atoms with van der Waals surface area (Å²) in [6.45, 7) is 5.44. The maximum absolute atomic E-state index is 14.2. The summed E-state index contributed by atoms with van der Waals surface area (Å²) in [6, 6.07) is 25.3. The topological polar surface area (TPSA) is 142 Å². The summed E-state index contributed by atoms with van der Waals surface area (Å²) in [5.41, 5.74) is 7.90. The Morgan fingerprint density at radius 2 is 1.28 bits per heavy atom. The maximum atomic E-state index is 14.2. The molecule has 3 rings (SSSR count). The van der Waals surface area contributed by atoms with Gasteiger partial charge in [0.2, 0.25) is 23.5 Å². The second kappa shape index (κ2) is 18.0. The third-order valence-corrected chi connectivity index (χ3v) is 9.61. The van der Waals surface area contributed by atoms with Crippen LogP contribution in [0, 0.1) is 11.8 Å². The molecule has 5 atom stereocenters. The third-order valence-electron chi connectivity index (χ3n) is 7.80. The average molecular weight is 661 g/mol. The number of anilines is 1. The summed E-state index contributed by atoms with van der Waals surface area (Å²) in [6.07, 6.45) is 0.875. The average Bonchev–Trinajstić information content (AvgIpc) is 3.04. The van der Waals surface area contributed by atoms with E-state index in [4.69, 9.17) is 5.73 Å². The summed E-state index contributed by atoms with van der Waals surface area (Å²) >= 11 is 0. The lowest BCUT2D eigenvalue weighted by atomic mass is 9.97. The summed E-state index contributed by atoms with van der Waals surface area (Å²) in [5.74, 6) is -3.07. The number of carbonyl (C=O) groups excluding carboxylic acids is 4. The van der Waals surface area contributed by atoms with Crippen LogP contribution in [0.5, 0.6) is 0 Å². The van der Waals surface area contributed by atoms with Gasteiger partial charge < -0.3 is 16.0 Å². The van der Waals surface area contributed by atoms with E-state index in [1.165, 1.54) is 9.80 Å². The number of para-hydroxylation sites is 1. The van der Waals surface area contributed by atoms with Gasteiger partial charge in [0.15, 0.2) is 6.16 Å². The van der Waals surface area contributed by atoms with Gasteiger partial charge in [-0.05, 0) is 48.9 Å².